The van der Waals surface area contributed by atoms with Crippen molar-refractivity contribution in [2.45, 2.75) is 60.1 Å². The lowest BCUT2D eigenvalue weighted by molar-refractivity contribution is -0.149. The minimum absolute atomic E-state index is 0.209. The molecule has 2 heteroatoms. The molecule has 1 unspecified atom stereocenters. The molecular formula is C11H25NO. The minimum atomic E-state index is -0.847. The van der Waals surface area contributed by atoms with E-state index in [0.717, 1.165) is 0 Å². The first-order valence-corrected chi connectivity index (χ1v) is 4.92. The van der Waals surface area contributed by atoms with E-state index in [1.54, 1.807) is 0 Å². The second-order valence-electron chi connectivity index (χ2n) is 6.06. The van der Waals surface area contributed by atoms with Crippen LogP contribution in [-0.2, 0) is 0 Å². The van der Waals surface area contributed by atoms with E-state index in [-0.39, 0.29) is 16.9 Å². The van der Waals surface area contributed by atoms with Crippen molar-refractivity contribution in [3.05, 3.63) is 0 Å². The minimum Gasteiger partial charge on any atom is -0.387 e. The van der Waals surface area contributed by atoms with Crippen molar-refractivity contribution in [2.75, 3.05) is 0 Å². The van der Waals surface area contributed by atoms with Gasteiger partial charge in [0.05, 0.1) is 5.60 Å². The number of aliphatic hydroxyl groups is 1. The van der Waals surface area contributed by atoms with Gasteiger partial charge < -0.3 is 10.8 Å². The van der Waals surface area contributed by atoms with Gasteiger partial charge in [-0.2, -0.15) is 0 Å². The highest BCUT2D eigenvalue weighted by molar-refractivity contribution is 5.04. The SMILES string of the molecule is CC(N)C(O)(C(C)(C)C)C(C)(C)C. The van der Waals surface area contributed by atoms with Gasteiger partial charge in [0.25, 0.3) is 0 Å². The van der Waals surface area contributed by atoms with Gasteiger partial charge in [0.1, 0.15) is 0 Å². The van der Waals surface area contributed by atoms with Gasteiger partial charge in [-0.25, -0.2) is 0 Å². The highest BCUT2D eigenvalue weighted by atomic mass is 16.3. The molecule has 3 N–H and O–H groups in total. The van der Waals surface area contributed by atoms with Gasteiger partial charge >= 0.3 is 0 Å². The van der Waals surface area contributed by atoms with Crippen LogP contribution in [0.1, 0.15) is 48.5 Å². The Morgan fingerprint density at radius 3 is 1.15 bits per heavy atom. The zero-order valence-electron chi connectivity index (χ0n) is 10.1. The average molecular weight is 187 g/mol. The zero-order chi connectivity index (χ0) is 11.1. The molecular weight excluding hydrogens is 162 g/mol. The second kappa shape index (κ2) is 3.25. The van der Waals surface area contributed by atoms with Gasteiger partial charge in [-0.15, -0.1) is 0 Å². The second-order valence-corrected chi connectivity index (χ2v) is 6.06. The van der Waals surface area contributed by atoms with Gasteiger partial charge in [0.15, 0.2) is 0 Å². The normalized spacial score (nSPS) is 17.3. The first-order chi connectivity index (χ1) is 5.44. The van der Waals surface area contributed by atoms with E-state index < -0.39 is 5.60 Å². The van der Waals surface area contributed by atoms with Crippen molar-refractivity contribution < 1.29 is 5.11 Å². The van der Waals surface area contributed by atoms with Gasteiger partial charge in [-0.1, -0.05) is 41.5 Å². The predicted molar refractivity (Wildman–Crippen MR) is 57.5 cm³/mol. The maximum absolute atomic E-state index is 10.6. The van der Waals surface area contributed by atoms with Crippen molar-refractivity contribution in [2.24, 2.45) is 16.6 Å². The molecule has 0 fully saturated rings. The molecule has 1 atom stereocenters. The van der Waals surface area contributed by atoms with Crippen LogP contribution in [0.4, 0.5) is 0 Å². The number of rotatable bonds is 1. The fourth-order valence-corrected chi connectivity index (χ4v) is 2.49. The summed E-state index contributed by atoms with van der Waals surface area (Å²) in [6.45, 7) is 14.0. The fraction of sp³-hybridized carbons (Fsp3) is 1.00. The Kier molecular flexibility index (Phi) is 3.23. The third-order valence-corrected chi connectivity index (χ3v) is 2.95. The summed E-state index contributed by atoms with van der Waals surface area (Å²) in [5.41, 5.74) is 4.63. The van der Waals surface area contributed by atoms with Crippen molar-refractivity contribution >= 4 is 0 Å². The van der Waals surface area contributed by atoms with Crippen molar-refractivity contribution in [3.63, 3.8) is 0 Å². The Morgan fingerprint density at radius 1 is 0.923 bits per heavy atom. The van der Waals surface area contributed by atoms with Gasteiger partial charge in [0, 0.05) is 6.04 Å². The van der Waals surface area contributed by atoms with Crippen molar-refractivity contribution in [3.8, 4) is 0 Å². The van der Waals surface area contributed by atoms with E-state index in [1.165, 1.54) is 0 Å². The number of nitrogens with two attached hydrogens (primary N) is 1. The van der Waals surface area contributed by atoms with E-state index >= 15 is 0 Å². The van der Waals surface area contributed by atoms with Gasteiger partial charge in [-0.3, -0.25) is 0 Å². The standard InChI is InChI=1S/C11H25NO/c1-8(12)11(13,9(2,3)4)10(5,6)7/h8,13H,12H2,1-7H3. The Balaban J connectivity index is 5.22. The van der Waals surface area contributed by atoms with E-state index in [0.29, 0.717) is 0 Å². The summed E-state index contributed by atoms with van der Waals surface area (Å²) < 4.78 is 0. The highest BCUT2D eigenvalue weighted by Crippen LogP contribution is 2.45. The van der Waals surface area contributed by atoms with Crippen LogP contribution in [0, 0.1) is 10.8 Å². The molecule has 0 aromatic heterocycles. The zero-order valence-corrected chi connectivity index (χ0v) is 10.1. The van der Waals surface area contributed by atoms with Crippen LogP contribution in [0.15, 0.2) is 0 Å². The summed E-state index contributed by atoms with van der Waals surface area (Å²) in [6, 6.07) is -0.229. The van der Waals surface area contributed by atoms with Crippen LogP contribution in [0.3, 0.4) is 0 Å². The summed E-state index contributed by atoms with van der Waals surface area (Å²) in [7, 11) is 0. The predicted octanol–water partition coefficient (Wildman–Crippen LogP) is 2.16. The largest absolute Gasteiger partial charge is 0.387 e. The number of hydrogen-bond donors (Lipinski definition) is 2. The highest BCUT2D eigenvalue weighted by Gasteiger charge is 2.51. The first kappa shape index (κ1) is 12.9. The quantitative estimate of drug-likeness (QED) is 0.661. The van der Waals surface area contributed by atoms with Crippen LogP contribution < -0.4 is 5.73 Å². The molecule has 0 saturated carbocycles. The molecule has 0 aromatic carbocycles. The molecule has 0 bridgehead atoms. The summed E-state index contributed by atoms with van der Waals surface area (Å²) in [5.74, 6) is 0. The summed E-state index contributed by atoms with van der Waals surface area (Å²) in [6.07, 6.45) is 0. The lowest BCUT2D eigenvalue weighted by atomic mass is 9.59. The van der Waals surface area contributed by atoms with Gasteiger partial charge in [-0.05, 0) is 17.8 Å². The fourth-order valence-electron chi connectivity index (χ4n) is 2.49. The summed E-state index contributed by atoms with van der Waals surface area (Å²) in [5, 5.41) is 10.6. The molecule has 0 amide bonds. The van der Waals surface area contributed by atoms with Crippen LogP contribution >= 0.6 is 0 Å². The van der Waals surface area contributed by atoms with Crippen molar-refractivity contribution in [1.29, 1.82) is 0 Å². The first-order valence-electron chi connectivity index (χ1n) is 4.92. The Morgan fingerprint density at radius 2 is 1.15 bits per heavy atom. The Labute approximate surface area is 82.5 Å². The Bertz CT molecular complexity index is 158. The lowest BCUT2D eigenvalue weighted by Crippen LogP contribution is -2.62. The maximum Gasteiger partial charge on any atom is 0.0890 e. The molecule has 0 spiro atoms. The van der Waals surface area contributed by atoms with Crippen molar-refractivity contribution in [1.82, 2.24) is 0 Å². The van der Waals surface area contributed by atoms with Crippen LogP contribution in [0.2, 0.25) is 0 Å². The Hall–Kier alpha value is -0.0800. The average Bonchev–Trinajstić information content (AvgIpc) is 1.80. The third kappa shape index (κ3) is 2.05. The molecule has 0 saturated heterocycles. The molecule has 0 radical (unpaired) electrons. The maximum atomic E-state index is 10.6. The van der Waals surface area contributed by atoms with E-state index in [4.69, 9.17) is 5.73 Å². The monoisotopic (exact) mass is 187 g/mol. The van der Waals surface area contributed by atoms with E-state index in [2.05, 4.69) is 0 Å². The van der Waals surface area contributed by atoms with E-state index in [1.807, 2.05) is 48.5 Å². The smallest absolute Gasteiger partial charge is 0.0890 e. The molecule has 2 nitrogen and oxygen atoms in total. The molecule has 13 heavy (non-hydrogen) atoms. The lowest BCUT2D eigenvalue weighted by Gasteiger charge is -2.52. The van der Waals surface area contributed by atoms with E-state index in [9.17, 15) is 5.11 Å². The molecule has 0 heterocycles. The summed E-state index contributed by atoms with van der Waals surface area (Å²) in [4.78, 5) is 0. The van der Waals surface area contributed by atoms with Crippen LogP contribution in [-0.4, -0.2) is 16.7 Å². The van der Waals surface area contributed by atoms with Gasteiger partial charge in [0.2, 0.25) is 0 Å². The third-order valence-electron chi connectivity index (χ3n) is 2.95. The molecule has 0 aliphatic heterocycles. The topological polar surface area (TPSA) is 46.2 Å². The van der Waals surface area contributed by atoms with Crippen LogP contribution in [0.5, 0.6) is 0 Å². The van der Waals surface area contributed by atoms with Crippen LogP contribution in [0.25, 0.3) is 0 Å². The molecule has 80 valence electrons. The molecule has 0 aliphatic rings. The molecule has 0 aromatic rings. The summed E-state index contributed by atoms with van der Waals surface area (Å²) >= 11 is 0. The molecule has 0 rings (SSSR count). The molecule has 0 aliphatic carbocycles. The number of hydrogen-bond acceptors (Lipinski definition) is 2.